The van der Waals surface area contributed by atoms with Gasteiger partial charge in [0.2, 0.25) is 0 Å². The molecule has 3 N–H and O–H groups in total. The van der Waals surface area contributed by atoms with E-state index in [0.29, 0.717) is 10.8 Å². The number of rotatable bonds is 1. The molecular weight excluding hydrogens is 244 g/mol. The Hall–Kier alpha value is -1.59. The Kier molecular flexibility index (Phi) is 2.08. The van der Waals surface area contributed by atoms with E-state index in [1.165, 1.54) is 0 Å². The number of fused-ring (bicyclic) bond motifs is 1. The number of hydrogen-bond acceptors (Lipinski definition) is 4. The zero-order valence-electron chi connectivity index (χ0n) is 8.07. The number of halogens is 1. The van der Waals surface area contributed by atoms with Gasteiger partial charge in [0.15, 0.2) is 0 Å². The van der Waals surface area contributed by atoms with Gasteiger partial charge in [-0.1, -0.05) is 11.6 Å². The molecule has 4 nitrogen and oxygen atoms in total. The average molecular weight is 251 g/mol. The van der Waals surface area contributed by atoms with Crippen LogP contribution in [0.25, 0.3) is 20.8 Å². The van der Waals surface area contributed by atoms with Gasteiger partial charge in [0, 0.05) is 5.02 Å². The highest BCUT2D eigenvalue weighted by molar-refractivity contribution is 7.21. The maximum atomic E-state index is 5.91. The van der Waals surface area contributed by atoms with Crippen LogP contribution in [0.4, 0.5) is 5.82 Å². The number of anilines is 1. The second kappa shape index (κ2) is 3.47. The predicted octanol–water partition coefficient (Wildman–Crippen LogP) is 2.92. The van der Waals surface area contributed by atoms with Gasteiger partial charge in [-0.05, 0) is 18.2 Å². The van der Waals surface area contributed by atoms with E-state index in [9.17, 15) is 0 Å². The van der Waals surface area contributed by atoms with Crippen LogP contribution in [0.5, 0.6) is 0 Å². The zero-order valence-corrected chi connectivity index (χ0v) is 9.64. The molecule has 3 aromatic rings. The van der Waals surface area contributed by atoms with E-state index >= 15 is 0 Å². The number of hydrogen-bond donors (Lipinski definition) is 2. The fourth-order valence-corrected chi connectivity index (χ4v) is 2.62. The summed E-state index contributed by atoms with van der Waals surface area (Å²) in [7, 11) is 0. The van der Waals surface area contributed by atoms with Gasteiger partial charge in [0.25, 0.3) is 0 Å². The van der Waals surface area contributed by atoms with Crippen molar-refractivity contribution in [3.05, 3.63) is 29.4 Å². The number of nitrogens with one attached hydrogen (secondary N) is 1. The minimum absolute atomic E-state index is 0.533. The van der Waals surface area contributed by atoms with Crippen molar-refractivity contribution < 1.29 is 0 Å². The monoisotopic (exact) mass is 250 g/mol. The van der Waals surface area contributed by atoms with Gasteiger partial charge in [-0.15, -0.1) is 11.3 Å². The summed E-state index contributed by atoms with van der Waals surface area (Å²) in [4.78, 5) is 4.47. The van der Waals surface area contributed by atoms with Crippen LogP contribution in [0, 0.1) is 0 Å². The van der Waals surface area contributed by atoms with Crippen LogP contribution in [0.15, 0.2) is 24.4 Å². The van der Waals surface area contributed by atoms with Gasteiger partial charge in [-0.3, -0.25) is 5.10 Å². The Bertz CT molecular complexity index is 658. The number of benzene rings is 1. The molecule has 0 unspecified atom stereocenters. The first-order chi connectivity index (χ1) is 7.74. The summed E-state index contributed by atoms with van der Waals surface area (Å²) in [6, 6.07) is 5.65. The molecule has 0 spiro atoms. The van der Waals surface area contributed by atoms with Crippen molar-refractivity contribution in [2.75, 3.05) is 5.73 Å². The third-order valence-corrected chi connectivity index (χ3v) is 3.55. The number of nitrogens with two attached hydrogens (primary N) is 1. The Morgan fingerprint density at radius 3 is 3.00 bits per heavy atom. The molecule has 0 saturated carbocycles. The molecule has 1 aromatic carbocycles. The quantitative estimate of drug-likeness (QED) is 0.698. The van der Waals surface area contributed by atoms with Crippen LogP contribution >= 0.6 is 22.9 Å². The molecule has 16 heavy (non-hydrogen) atoms. The number of aromatic nitrogens is 3. The van der Waals surface area contributed by atoms with Gasteiger partial charge >= 0.3 is 0 Å². The molecule has 0 aliphatic rings. The third kappa shape index (κ3) is 1.45. The molecule has 0 saturated heterocycles. The van der Waals surface area contributed by atoms with Crippen molar-refractivity contribution in [3.8, 4) is 10.6 Å². The Labute approximate surface area is 100 Å². The molecule has 0 bridgehead atoms. The van der Waals surface area contributed by atoms with Crippen molar-refractivity contribution in [1.29, 1.82) is 0 Å². The number of thiazole rings is 1. The molecule has 0 radical (unpaired) electrons. The standard InChI is InChI=1S/C10H7ClN4S/c11-5-1-2-8-7(3-5)14-10(16-8)6-4-13-15-9(6)12/h1-4H,(H3,12,13,15). The number of aromatic amines is 1. The Morgan fingerprint density at radius 2 is 2.25 bits per heavy atom. The molecular formula is C10H7ClN4S. The lowest BCUT2D eigenvalue weighted by atomic mass is 10.3. The van der Waals surface area contributed by atoms with Crippen molar-refractivity contribution in [3.63, 3.8) is 0 Å². The number of H-pyrrole nitrogens is 1. The highest BCUT2D eigenvalue weighted by atomic mass is 35.5. The van der Waals surface area contributed by atoms with Crippen LogP contribution in [-0.4, -0.2) is 15.2 Å². The summed E-state index contributed by atoms with van der Waals surface area (Å²) in [6.45, 7) is 0. The number of nitrogen functional groups attached to an aromatic ring is 1. The fourth-order valence-electron chi connectivity index (χ4n) is 1.48. The van der Waals surface area contributed by atoms with Crippen molar-refractivity contribution in [1.82, 2.24) is 15.2 Å². The predicted molar refractivity (Wildman–Crippen MR) is 66.6 cm³/mol. The van der Waals surface area contributed by atoms with Crippen LogP contribution in [-0.2, 0) is 0 Å². The summed E-state index contributed by atoms with van der Waals surface area (Å²) in [6.07, 6.45) is 1.68. The van der Waals surface area contributed by atoms with Crippen LogP contribution < -0.4 is 5.73 Å². The van der Waals surface area contributed by atoms with E-state index in [-0.39, 0.29) is 0 Å². The van der Waals surface area contributed by atoms with E-state index in [0.717, 1.165) is 20.8 Å². The topological polar surface area (TPSA) is 67.6 Å². The second-order valence-corrected chi connectivity index (χ2v) is 4.80. The minimum atomic E-state index is 0.533. The van der Waals surface area contributed by atoms with E-state index in [1.807, 2.05) is 18.2 Å². The van der Waals surface area contributed by atoms with Gasteiger partial charge < -0.3 is 5.73 Å². The Balaban J connectivity index is 2.23. The summed E-state index contributed by atoms with van der Waals surface area (Å²) >= 11 is 7.47. The summed E-state index contributed by atoms with van der Waals surface area (Å²) < 4.78 is 1.08. The van der Waals surface area contributed by atoms with E-state index in [1.54, 1.807) is 17.5 Å². The lowest BCUT2D eigenvalue weighted by Crippen LogP contribution is -1.86. The molecule has 0 atom stereocenters. The third-order valence-electron chi connectivity index (χ3n) is 2.25. The van der Waals surface area contributed by atoms with E-state index < -0.39 is 0 Å². The largest absolute Gasteiger partial charge is 0.383 e. The van der Waals surface area contributed by atoms with Gasteiger partial charge in [-0.25, -0.2) is 4.98 Å². The first-order valence-corrected chi connectivity index (χ1v) is 5.79. The first-order valence-electron chi connectivity index (χ1n) is 4.59. The molecule has 2 aromatic heterocycles. The summed E-state index contributed by atoms with van der Waals surface area (Å²) in [5, 5.41) is 8.10. The second-order valence-electron chi connectivity index (χ2n) is 3.33. The van der Waals surface area contributed by atoms with E-state index in [4.69, 9.17) is 17.3 Å². The molecule has 0 aliphatic heterocycles. The Morgan fingerprint density at radius 1 is 1.38 bits per heavy atom. The zero-order chi connectivity index (χ0) is 11.1. The lowest BCUT2D eigenvalue weighted by molar-refractivity contribution is 1.10. The maximum absolute atomic E-state index is 5.91. The molecule has 2 heterocycles. The molecule has 0 aliphatic carbocycles. The molecule has 80 valence electrons. The summed E-state index contributed by atoms with van der Waals surface area (Å²) in [5.74, 6) is 0.533. The van der Waals surface area contributed by atoms with Crippen LogP contribution in [0.1, 0.15) is 0 Å². The van der Waals surface area contributed by atoms with E-state index in [2.05, 4.69) is 15.2 Å². The van der Waals surface area contributed by atoms with Crippen molar-refractivity contribution >= 4 is 39.0 Å². The molecule has 6 heteroatoms. The summed E-state index contributed by atoms with van der Waals surface area (Å²) in [5.41, 5.74) is 7.46. The molecule has 0 fully saturated rings. The highest BCUT2D eigenvalue weighted by Gasteiger charge is 2.10. The SMILES string of the molecule is Nc1[nH]ncc1-c1nc2cc(Cl)ccc2s1. The molecule has 0 amide bonds. The van der Waals surface area contributed by atoms with Gasteiger partial charge in [0.05, 0.1) is 22.0 Å². The maximum Gasteiger partial charge on any atom is 0.129 e. The minimum Gasteiger partial charge on any atom is -0.383 e. The normalized spacial score (nSPS) is 11.1. The average Bonchev–Trinajstić information content (AvgIpc) is 2.82. The molecule has 3 rings (SSSR count). The van der Waals surface area contributed by atoms with Gasteiger partial charge in [0.1, 0.15) is 10.8 Å². The van der Waals surface area contributed by atoms with Crippen LogP contribution in [0.3, 0.4) is 0 Å². The smallest absolute Gasteiger partial charge is 0.129 e. The first kappa shape index (κ1) is 9.62. The van der Waals surface area contributed by atoms with Crippen molar-refractivity contribution in [2.24, 2.45) is 0 Å². The number of nitrogens with zero attached hydrogens (tertiary/aromatic N) is 2. The van der Waals surface area contributed by atoms with Crippen LogP contribution in [0.2, 0.25) is 5.02 Å². The highest BCUT2D eigenvalue weighted by Crippen LogP contribution is 2.33. The fraction of sp³-hybridized carbons (Fsp3) is 0. The van der Waals surface area contributed by atoms with Crippen molar-refractivity contribution in [2.45, 2.75) is 0 Å². The van der Waals surface area contributed by atoms with Gasteiger partial charge in [-0.2, -0.15) is 5.10 Å². The lowest BCUT2D eigenvalue weighted by Gasteiger charge is -1.89.